The molecule has 0 saturated carbocycles. The second-order valence-corrected chi connectivity index (χ2v) is 6.96. The Hall–Kier alpha value is -2.82. The first-order chi connectivity index (χ1) is 13.5. The van der Waals surface area contributed by atoms with E-state index in [-0.39, 0.29) is 11.8 Å². The quantitative estimate of drug-likeness (QED) is 0.607. The van der Waals surface area contributed by atoms with Crippen LogP contribution >= 0.6 is 23.2 Å². The number of hydrogen-bond donors (Lipinski definition) is 2. The first kappa shape index (κ1) is 19.9. The summed E-state index contributed by atoms with van der Waals surface area (Å²) in [6.45, 7) is 0.770. The van der Waals surface area contributed by atoms with Gasteiger partial charge in [-0.2, -0.15) is 0 Å². The van der Waals surface area contributed by atoms with E-state index >= 15 is 0 Å². The topological polar surface area (TPSA) is 58.2 Å². The number of halogens is 2. The van der Waals surface area contributed by atoms with Gasteiger partial charge in [-0.05, 0) is 35.4 Å². The van der Waals surface area contributed by atoms with Crippen LogP contribution in [0.5, 0.6) is 0 Å². The van der Waals surface area contributed by atoms with Crippen molar-refractivity contribution < 1.29 is 9.59 Å². The Balaban J connectivity index is 1.52. The lowest BCUT2D eigenvalue weighted by Gasteiger charge is -2.09. The molecular formula is C22H18Cl2N2O2. The van der Waals surface area contributed by atoms with Crippen LogP contribution in [0.1, 0.15) is 31.8 Å². The van der Waals surface area contributed by atoms with Crippen molar-refractivity contribution in [2.75, 3.05) is 0 Å². The van der Waals surface area contributed by atoms with E-state index in [1.54, 1.807) is 48.5 Å². The highest BCUT2D eigenvalue weighted by atomic mass is 35.5. The van der Waals surface area contributed by atoms with E-state index in [0.717, 1.165) is 11.1 Å². The molecule has 0 radical (unpaired) electrons. The van der Waals surface area contributed by atoms with E-state index in [4.69, 9.17) is 23.2 Å². The summed E-state index contributed by atoms with van der Waals surface area (Å²) >= 11 is 12.1. The van der Waals surface area contributed by atoms with Crippen molar-refractivity contribution in [2.45, 2.75) is 13.1 Å². The molecule has 3 aromatic rings. The van der Waals surface area contributed by atoms with Gasteiger partial charge in [0, 0.05) is 13.1 Å². The molecule has 28 heavy (non-hydrogen) atoms. The number of carbonyl (C=O) groups excluding carboxylic acids is 2. The molecule has 3 rings (SSSR count). The maximum atomic E-state index is 12.2. The van der Waals surface area contributed by atoms with Gasteiger partial charge in [0.15, 0.2) is 0 Å². The zero-order valence-electron chi connectivity index (χ0n) is 14.9. The Morgan fingerprint density at radius 2 is 0.964 bits per heavy atom. The molecule has 2 N–H and O–H groups in total. The molecule has 0 aromatic heterocycles. The first-order valence-electron chi connectivity index (χ1n) is 8.68. The monoisotopic (exact) mass is 412 g/mol. The SMILES string of the molecule is O=C(NCc1ccc(CNC(=O)c2ccccc2Cl)cc1)c1ccccc1Cl. The minimum atomic E-state index is -0.221. The maximum Gasteiger partial charge on any atom is 0.253 e. The Morgan fingerprint density at radius 1 is 0.607 bits per heavy atom. The fourth-order valence-corrected chi connectivity index (χ4v) is 3.06. The molecule has 3 aromatic carbocycles. The second kappa shape index (κ2) is 9.40. The van der Waals surface area contributed by atoms with Crippen LogP contribution in [-0.2, 0) is 13.1 Å². The lowest BCUT2D eigenvalue weighted by molar-refractivity contribution is 0.0942. The van der Waals surface area contributed by atoms with E-state index < -0.39 is 0 Å². The highest BCUT2D eigenvalue weighted by molar-refractivity contribution is 6.34. The van der Waals surface area contributed by atoms with Crippen molar-refractivity contribution in [3.63, 3.8) is 0 Å². The van der Waals surface area contributed by atoms with Crippen LogP contribution in [0, 0.1) is 0 Å². The van der Waals surface area contributed by atoms with Crippen LogP contribution in [0.25, 0.3) is 0 Å². The number of nitrogens with one attached hydrogen (secondary N) is 2. The van der Waals surface area contributed by atoms with Gasteiger partial charge in [-0.25, -0.2) is 0 Å². The van der Waals surface area contributed by atoms with Crippen molar-refractivity contribution >= 4 is 35.0 Å². The minimum absolute atomic E-state index is 0.221. The Morgan fingerprint density at radius 3 is 1.32 bits per heavy atom. The van der Waals surface area contributed by atoms with Gasteiger partial charge in [-0.15, -0.1) is 0 Å². The summed E-state index contributed by atoms with van der Waals surface area (Å²) < 4.78 is 0. The Bertz CT molecular complexity index is 907. The third-order valence-corrected chi connectivity index (χ3v) is 4.83. The summed E-state index contributed by atoms with van der Waals surface area (Å²) in [6, 6.07) is 21.5. The standard InChI is InChI=1S/C22H18Cl2N2O2/c23-19-7-3-1-5-17(19)21(27)25-13-15-9-11-16(12-10-15)14-26-22(28)18-6-2-4-8-20(18)24/h1-12H,13-14H2,(H,25,27)(H,26,28). The molecule has 0 bridgehead atoms. The number of hydrogen-bond acceptors (Lipinski definition) is 2. The first-order valence-corrected chi connectivity index (χ1v) is 9.43. The molecule has 0 fully saturated rings. The third-order valence-electron chi connectivity index (χ3n) is 4.17. The van der Waals surface area contributed by atoms with E-state index in [1.807, 2.05) is 24.3 Å². The van der Waals surface area contributed by atoms with Crippen LogP contribution in [0.3, 0.4) is 0 Å². The molecule has 2 amide bonds. The van der Waals surface area contributed by atoms with E-state index in [2.05, 4.69) is 10.6 Å². The molecule has 4 nitrogen and oxygen atoms in total. The van der Waals surface area contributed by atoms with Crippen molar-refractivity contribution in [2.24, 2.45) is 0 Å². The van der Waals surface area contributed by atoms with Gasteiger partial charge >= 0.3 is 0 Å². The van der Waals surface area contributed by atoms with Gasteiger partial charge in [-0.1, -0.05) is 71.7 Å². The minimum Gasteiger partial charge on any atom is -0.348 e. The van der Waals surface area contributed by atoms with Crippen LogP contribution in [0.15, 0.2) is 72.8 Å². The van der Waals surface area contributed by atoms with Gasteiger partial charge in [0.2, 0.25) is 0 Å². The summed E-state index contributed by atoms with van der Waals surface area (Å²) in [5, 5.41) is 6.53. The normalized spacial score (nSPS) is 10.4. The lowest BCUT2D eigenvalue weighted by Crippen LogP contribution is -2.24. The molecule has 0 aliphatic carbocycles. The third kappa shape index (κ3) is 5.12. The van der Waals surface area contributed by atoms with Gasteiger partial charge in [0.05, 0.1) is 21.2 Å². The molecule has 6 heteroatoms. The summed E-state index contributed by atoms with van der Waals surface area (Å²) in [5.74, 6) is -0.441. The Labute approximate surface area is 173 Å². The predicted octanol–water partition coefficient (Wildman–Crippen LogP) is 4.85. The number of carbonyl (C=O) groups is 2. The molecule has 0 heterocycles. The molecule has 0 saturated heterocycles. The second-order valence-electron chi connectivity index (χ2n) is 6.14. The molecule has 0 aliphatic heterocycles. The number of benzene rings is 3. The van der Waals surface area contributed by atoms with Crippen molar-refractivity contribution in [3.05, 3.63) is 105 Å². The van der Waals surface area contributed by atoms with Crippen LogP contribution in [-0.4, -0.2) is 11.8 Å². The largest absolute Gasteiger partial charge is 0.348 e. The molecule has 0 aliphatic rings. The summed E-state index contributed by atoms with van der Waals surface area (Å²) in [4.78, 5) is 24.4. The number of amides is 2. The summed E-state index contributed by atoms with van der Waals surface area (Å²) in [5.41, 5.74) is 2.79. The number of rotatable bonds is 6. The smallest absolute Gasteiger partial charge is 0.253 e. The maximum absolute atomic E-state index is 12.2. The molecule has 0 atom stereocenters. The van der Waals surface area contributed by atoms with Gasteiger partial charge < -0.3 is 10.6 Å². The Kier molecular flexibility index (Phi) is 6.69. The molecule has 0 unspecified atom stereocenters. The van der Waals surface area contributed by atoms with E-state index in [9.17, 15) is 9.59 Å². The highest BCUT2D eigenvalue weighted by Crippen LogP contribution is 2.16. The highest BCUT2D eigenvalue weighted by Gasteiger charge is 2.10. The van der Waals surface area contributed by atoms with E-state index in [0.29, 0.717) is 34.3 Å². The lowest BCUT2D eigenvalue weighted by atomic mass is 10.1. The average molecular weight is 413 g/mol. The molecular weight excluding hydrogens is 395 g/mol. The summed E-state index contributed by atoms with van der Waals surface area (Å²) in [7, 11) is 0. The fourth-order valence-electron chi connectivity index (χ4n) is 2.62. The van der Waals surface area contributed by atoms with Crippen LogP contribution in [0.4, 0.5) is 0 Å². The van der Waals surface area contributed by atoms with Crippen LogP contribution in [0.2, 0.25) is 10.0 Å². The average Bonchev–Trinajstić information content (AvgIpc) is 2.71. The van der Waals surface area contributed by atoms with E-state index in [1.165, 1.54) is 0 Å². The molecule has 142 valence electrons. The van der Waals surface area contributed by atoms with Crippen LogP contribution < -0.4 is 10.6 Å². The van der Waals surface area contributed by atoms with Gasteiger partial charge in [0.25, 0.3) is 11.8 Å². The predicted molar refractivity (Wildman–Crippen MR) is 112 cm³/mol. The van der Waals surface area contributed by atoms with Crippen molar-refractivity contribution in [3.8, 4) is 0 Å². The summed E-state index contributed by atoms with van der Waals surface area (Å²) in [6.07, 6.45) is 0. The molecule has 0 spiro atoms. The fraction of sp³-hybridized carbons (Fsp3) is 0.0909. The van der Waals surface area contributed by atoms with Crippen molar-refractivity contribution in [1.82, 2.24) is 10.6 Å². The zero-order valence-corrected chi connectivity index (χ0v) is 16.4. The van der Waals surface area contributed by atoms with Crippen molar-refractivity contribution in [1.29, 1.82) is 0 Å². The zero-order chi connectivity index (χ0) is 19.9. The van der Waals surface area contributed by atoms with Gasteiger partial charge in [-0.3, -0.25) is 9.59 Å². The van der Waals surface area contributed by atoms with Gasteiger partial charge in [0.1, 0.15) is 0 Å².